The largest absolute Gasteiger partial charge is 0.476 e. The second-order valence-corrected chi connectivity index (χ2v) is 12.1. The number of hydrogen-bond acceptors (Lipinski definition) is 7. The Labute approximate surface area is 296 Å². The molecule has 1 N–H and O–H groups in total. The van der Waals surface area contributed by atoms with E-state index in [-0.39, 0.29) is 13.1 Å². The highest BCUT2D eigenvalue weighted by atomic mass is 35.5. The molecule has 0 saturated carbocycles. The molecule has 0 aliphatic heterocycles. The average molecular weight is 706 g/mol. The minimum Gasteiger partial charge on any atom is -0.476 e. The van der Waals surface area contributed by atoms with E-state index in [1.165, 1.54) is 7.11 Å². The molecule has 4 aromatic carbocycles. The fourth-order valence-corrected chi connectivity index (χ4v) is 6.08. The van der Waals surface area contributed by atoms with Gasteiger partial charge in [-0.25, -0.2) is 9.59 Å². The zero-order valence-corrected chi connectivity index (χ0v) is 27.4. The Morgan fingerprint density at radius 1 is 0.680 bits per heavy atom. The van der Waals surface area contributed by atoms with Crippen molar-refractivity contribution < 1.29 is 19.4 Å². The Morgan fingerprint density at radius 2 is 1.14 bits per heavy atom. The molecule has 0 spiro atoms. The summed E-state index contributed by atoms with van der Waals surface area (Å²) in [5.74, 6) is -1.47. The van der Waals surface area contributed by atoms with Gasteiger partial charge in [-0.1, -0.05) is 79.2 Å². The van der Waals surface area contributed by atoms with E-state index in [1.807, 2.05) is 91.0 Å². The molecule has 250 valence electrons. The number of pyridine rings is 2. The van der Waals surface area contributed by atoms with Crippen molar-refractivity contribution in [3.8, 4) is 0 Å². The van der Waals surface area contributed by atoms with Gasteiger partial charge in [0.25, 0.3) is 0 Å². The van der Waals surface area contributed by atoms with Crippen LogP contribution in [0.4, 0.5) is 0 Å². The fourth-order valence-electron chi connectivity index (χ4n) is 5.75. The highest BCUT2D eigenvalue weighted by molar-refractivity contribution is 6.31. The number of carbonyl (C=O) groups excluding carboxylic acids is 1. The summed E-state index contributed by atoms with van der Waals surface area (Å²) in [5, 5.41) is 22.5. The van der Waals surface area contributed by atoms with Gasteiger partial charge in [-0.15, -0.1) is 0 Å². The van der Waals surface area contributed by atoms with E-state index in [1.54, 1.807) is 27.8 Å². The molecule has 4 heterocycles. The molecule has 12 heteroatoms. The predicted molar refractivity (Wildman–Crippen MR) is 196 cm³/mol. The Hall–Kier alpha value is -5.84. The number of carboxylic acid groups (broad SMARTS) is 1. The number of benzene rings is 4. The van der Waals surface area contributed by atoms with Crippen LogP contribution in [0.25, 0.3) is 43.6 Å². The summed E-state index contributed by atoms with van der Waals surface area (Å²) >= 11 is 12.0. The Morgan fingerprint density at radius 3 is 1.62 bits per heavy atom. The van der Waals surface area contributed by atoms with Crippen molar-refractivity contribution in [1.29, 1.82) is 0 Å². The normalized spacial score (nSPS) is 10.9. The zero-order valence-electron chi connectivity index (χ0n) is 25.9. The van der Waals surface area contributed by atoms with Crippen LogP contribution in [0.3, 0.4) is 0 Å². The molecule has 0 atom stereocenters. The van der Waals surface area contributed by atoms with Crippen LogP contribution in [0.5, 0.6) is 0 Å². The first-order chi connectivity index (χ1) is 23.8. The molecule has 10 nitrogen and oxygen atoms in total. The van der Waals surface area contributed by atoms with E-state index in [0.29, 0.717) is 34.2 Å². The number of carbonyl (C=O) groups is 2. The van der Waals surface area contributed by atoms with Crippen molar-refractivity contribution in [2.45, 2.75) is 20.5 Å². The van der Waals surface area contributed by atoms with Crippen LogP contribution < -0.4 is 0 Å². The van der Waals surface area contributed by atoms with Crippen molar-refractivity contribution in [3.63, 3.8) is 0 Å². The number of aromatic carboxylic acids is 1. The number of methoxy groups -OCH3 is 1. The molecule has 0 amide bonds. The first-order valence-corrected chi connectivity index (χ1v) is 15.8. The van der Waals surface area contributed by atoms with Gasteiger partial charge in [0, 0.05) is 33.9 Å². The number of rotatable bonds is 6. The van der Waals surface area contributed by atoms with Gasteiger partial charge in [-0.3, -0.25) is 19.3 Å². The Kier molecular flexibility index (Phi) is 9.76. The highest BCUT2D eigenvalue weighted by Crippen LogP contribution is 2.24. The molecule has 0 fully saturated rings. The lowest BCUT2D eigenvalue weighted by Crippen LogP contribution is -2.06. The van der Waals surface area contributed by atoms with E-state index < -0.39 is 11.9 Å². The maximum Gasteiger partial charge on any atom is 0.359 e. The smallest absolute Gasteiger partial charge is 0.359 e. The third-order valence-corrected chi connectivity index (χ3v) is 8.40. The van der Waals surface area contributed by atoms with Crippen molar-refractivity contribution >= 4 is 78.8 Å². The van der Waals surface area contributed by atoms with E-state index in [0.717, 1.165) is 49.4 Å². The molecular formula is C38H30Cl2N6O4. The summed E-state index contributed by atoms with van der Waals surface area (Å²) in [6, 6.07) is 30.5. The number of fused-ring (bicyclic) bond motifs is 4. The van der Waals surface area contributed by atoms with E-state index in [2.05, 4.69) is 20.2 Å². The highest BCUT2D eigenvalue weighted by Gasteiger charge is 2.18. The standard InChI is InChI=1S/C19H14ClN3O2.C18H12ClN3O2.CH4/c1-25-19(24)18-15-4-2-3-5-17(15)23(22-18)11-12-6-7-16-13(8-12)9-14(20)10-21-16;19-13-8-12-7-11(5-6-15(12)20-9-13)10-22-16-4-2-1-3-14(16)17(21-22)18(23)24;/h2-10H,11H2,1H3;1-9H,10H2,(H,23,24);1H4. The number of hydrogen-bond donors (Lipinski definition) is 1. The monoisotopic (exact) mass is 704 g/mol. The quantitative estimate of drug-likeness (QED) is 0.170. The predicted octanol–water partition coefficient (Wildman–Crippen LogP) is 8.69. The molecule has 0 saturated heterocycles. The lowest BCUT2D eigenvalue weighted by Gasteiger charge is -2.06. The lowest BCUT2D eigenvalue weighted by molar-refractivity contribution is 0.0594. The van der Waals surface area contributed by atoms with Crippen molar-refractivity contribution in [2.75, 3.05) is 7.11 Å². The van der Waals surface area contributed by atoms with Crippen molar-refractivity contribution in [2.24, 2.45) is 0 Å². The Bertz CT molecular complexity index is 2550. The van der Waals surface area contributed by atoms with E-state index in [9.17, 15) is 14.7 Å². The van der Waals surface area contributed by atoms with Gasteiger partial charge in [0.2, 0.25) is 0 Å². The zero-order chi connectivity index (χ0) is 34.1. The van der Waals surface area contributed by atoms with Gasteiger partial charge in [-0.05, 0) is 59.7 Å². The van der Waals surface area contributed by atoms with Gasteiger partial charge in [0.1, 0.15) is 0 Å². The molecule has 8 aromatic rings. The number of ether oxygens (including phenoxy) is 1. The van der Waals surface area contributed by atoms with Crippen LogP contribution >= 0.6 is 23.2 Å². The summed E-state index contributed by atoms with van der Waals surface area (Å²) in [6.45, 7) is 0.996. The van der Waals surface area contributed by atoms with Gasteiger partial charge < -0.3 is 9.84 Å². The van der Waals surface area contributed by atoms with E-state index in [4.69, 9.17) is 27.9 Å². The molecular weight excluding hydrogens is 675 g/mol. The number of halogens is 2. The van der Waals surface area contributed by atoms with Gasteiger partial charge in [0.15, 0.2) is 11.4 Å². The summed E-state index contributed by atoms with van der Waals surface area (Å²) in [6.07, 6.45) is 3.25. The minimum atomic E-state index is -1.03. The molecule has 0 aliphatic carbocycles. The van der Waals surface area contributed by atoms with Crippen LogP contribution in [-0.2, 0) is 17.8 Å². The van der Waals surface area contributed by atoms with E-state index >= 15 is 0 Å². The number of esters is 1. The van der Waals surface area contributed by atoms with Crippen LogP contribution in [0.2, 0.25) is 10.0 Å². The van der Waals surface area contributed by atoms with Crippen LogP contribution in [0, 0.1) is 0 Å². The Balaban J connectivity index is 0.000000170. The van der Waals surface area contributed by atoms with Crippen molar-refractivity contribution in [3.05, 3.63) is 142 Å². The molecule has 0 aliphatic rings. The van der Waals surface area contributed by atoms with Gasteiger partial charge in [0.05, 0.1) is 52.3 Å². The van der Waals surface area contributed by atoms with Crippen LogP contribution in [0.15, 0.2) is 109 Å². The number of para-hydroxylation sites is 2. The molecule has 0 radical (unpaired) electrons. The molecule has 0 unspecified atom stereocenters. The summed E-state index contributed by atoms with van der Waals surface area (Å²) in [7, 11) is 1.36. The summed E-state index contributed by atoms with van der Waals surface area (Å²) < 4.78 is 8.35. The van der Waals surface area contributed by atoms with Gasteiger partial charge in [-0.2, -0.15) is 10.2 Å². The topological polar surface area (TPSA) is 125 Å². The summed E-state index contributed by atoms with van der Waals surface area (Å²) in [4.78, 5) is 32.0. The maximum absolute atomic E-state index is 12.0. The third kappa shape index (κ3) is 6.84. The number of carboxylic acids is 1. The van der Waals surface area contributed by atoms with Crippen molar-refractivity contribution in [1.82, 2.24) is 29.5 Å². The van der Waals surface area contributed by atoms with Crippen LogP contribution in [0.1, 0.15) is 39.5 Å². The molecule has 50 heavy (non-hydrogen) atoms. The second kappa shape index (κ2) is 14.3. The van der Waals surface area contributed by atoms with Gasteiger partial charge >= 0.3 is 11.9 Å². The third-order valence-electron chi connectivity index (χ3n) is 7.99. The first kappa shape index (κ1) is 34.0. The van der Waals surface area contributed by atoms with Crippen LogP contribution in [-0.4, -0.2) is 53.7 Å². The lowest BCUT2D eigenvalue weighted by atomic mass is 10.1. The first-order valence-electron chi connectivity index (χ1n) is 15.1. The number of nitrogens with zero attached hydrogens (tertiary/aromatic N) is 6. The maximum atomic E-state index is 12.0. The second-order valence-electron chi connectivity index (χ2n) is 11.2. The molecule has 8 rings (SSSR count). The fraction of sp³-hybridized carbons (Fsp3) is 0.105. The average Bonchev–Trinajstić information content (AvgIpc) is 3.66. The SMILES string of the molecule is C.COC(=O)c1nn(Cc2ccc3ncc(Cl)cc3c2)c2ccccc12.O=C(O)c1nn(Cc2ccc3ncc(Cl)cc3c2)c2ccccc12. The minimum absolute atomic E-state index is 0. The molecule has 4 aromatic heterocycles. The number of aromatic nitrogens is 6. The molecule has 0 bridgehead atoms. The summed E-state index contributed by atoms with van der Waals surface area (Å²) in [5.41, 5.74) is 5.84.